The van der Waals surface area contributed by atoms with E-state index in [-0.39, 0.29) is 29.4 Å². The average molecular weight is 291 g/mol. The number of H-pyrrole nitrogens is 1. The van der Waals surface area contributed by atoms with E-state index in [2.05, 4.69) is 20.6 Å². The highest BCUT2D eigenvalue weighted by atomic mass is 16.6. The first-order valence-corrected chi connectivity index (χ1v) is 5.87. The number of nitro benzene ring substituents is 1. The van der Waals surface area contributed by atoms with Crippen molar-refractivity contribution in [1.82, 2.24) is 20.1 Å². The summed E-state index contributed by atoms with van der Waals surface area (Å²) in [5, 5.41) is 17.1. The number of nitrogens with two attached hydrogens (primary N) is 1. The highest BCUT2D eigenvalue weighted by molar-refractivity contribution is 5.95. The lowest BCUT2D eigenvalue weighted by atomic mass is 10.1. The minimum Gasteiger partial charge on any atom is -0.334 e. The zero-order valence-corrected chi connectivity index (χ0v) is 11.1. The molecule has 0 unspecified atom stereocenters. The maximum Gasteiger partial charge on any atom is 0.293 e. The summed E-state index contributed by atoms with van der Waals surface area (Å²) in [7, 11) is 1.59. The number of nitrogens with one attached hydrogen (secondary N) is 2. The molecule has 0 aliphatic heterocycles. The van der Waals surface area contributed by atoms with Crippen LogP contribution in [0.1, 0.15) is 16.2 Å². The second-order valence-corrected chi connectivity index (χ2v) is 4.23. The van der Waals surface area contributed by atoms with E-state index >= 15 is 0 Å². The molecule has 0 atom stereocenters. The first-order chi connectivity index (χ1) is 10.0. The zero-order chi connectivity index (χ0) is 15.4. The minimum atomic E-state index is -0.582. The average Bonchev–Trinajstić information content (AvgIpc) is 2.98. The number of rotatable bonds is 5. The lowest BCUT2D eigenvalue weighted by molar-refractivity contribution is -0.384. The molecular weight excluding hydrogens is 278 g/mol. The van der Waals surface area contributed by atoms with E-state index in [1.54, 1.807) is 7.05 Å². The number of aromatic nitrogens is 3. The smallest absolute Gasteiger partial charge is 0.293 e. The number of anilines is 1. The van der Waals surface area contributed by atoms with Gasteiger partial charge in [-0.2, -0.15) is 5.10 Å². The predicted molar refractivity (Wildman–Crippen MR) is 73.1 cm³/mol. The van der Waals surface area contributed by atoms with E-state index in [0.29, 0.717) is 5.82 Å². The normalized spacial score (nSPS) is 10.2. The van der Waals surface area contributed by atoms with Gasteiger partial charge in [0.15, 0.2) is 0 Å². The molecule has 0 saturated carbocycles. The molecule has 2 rings (SSSR count). The van der Waals surface area contributed by atoms with Crippen LogP contribution < -0.4 is 11.3 Å². The van der Waals surface area contributed by atoms with Crippen molar-refractivity contribution in [2.24, 2.45) is 5.84 Å². The summed E-state index contributed by atoms with van der Waals surface area (Å²) in [6.07, 6.45) is 1.34. The molecule has 10 nitrogen and oxygen atoms in total. The van der Waals surface area contributed by atoms with Crippen LogP contribution in [0.4, 0.5) is 11.4 Å². The molecular formula is C11H13N7O3. The van der Waals surface area contributed by atoms with E-state index in [9.17, 15) is 14.9 Å². The van der Waals surface area contributed by atoms with Crippen molar-refractivity contribution in [3.05, 3.63) is 46.0 Å². The predicted octanol–water partition coefficient (Wildman–Crippen LogP) is 0.271. The Bertz CT molecular complexity index is 656. The van der Waals surface area contributed by atoms with Gasteiger partial charge in [0.05, 0.1) is 11.5 Å². The van der Waals surface area contributed by atoms with Gasteiger partial charge in [0, 0.05) is 18.7 Å². The number of nitro groups is 1. The second kappa shape index (κ2) is 5.96. The van der Waals surface area contributed by atoms with Crippen molar-refractivity contribution in [2.75, 3.05) is 12.5 Å². The second-order valence-electron chi connectivity index (χ2n) is 4.23. The molecule has 0 bridgehead atoms. The SMILES string of the molecule is CN(Cc1ncn[nH]1)C(=O)c1ccc([N+](=O)[O-])c(NN)c1. The summed E-state index contributed by atoms with van der Waals surface area (Å²) < 4.78 is 0. The molecule has 21 heavy (non-hydrogen) atoms. The van der Waals surface area contributed by atoms with Crippen molar-refractivity contribution in [1.29, 1.82) is 0 Å². The third kappa shape index (κ3) is 3.12. The first-order valence-electron chi connectivity index (χ1n) is 5.87. The number of carbonyl (C=O) groups is 1. The highest BCUT2D eigenvalue weighted by Crippen LogP contribution is 2.25. The molecule has 110 valence electrons. The van der Waals surface area contributed by atoms with Crippen LogP contribution in [-0.4, -0.2) is 38.0 Å². The largest absolute Gasteiger partial charge is 0.334 e. The van der Waals surface area contributed by atoms with Crippen LogP contribution in [0.15, 0.2) is 24.5 Å². The third-order valence-corrected chi connectivity index (χ3v) is 2.79. The number of nitrogen functional groups attached to an aromatic ring is 1. The fourth-order valence-corrected chi connectivity index (χ4v) is 1.77. The van der Waals surface area contributed by atoms with Crippen LogP contribution in [-0.2, 0) is 6.54 Å². The van der Waals surface area contributed by atoms with Crippen LogP contribution in [0.3, 0.4) is 0 Å². The van der Waals surface area contributed by atoms with Crippen LogP contribution in [0.2, 0.25) is 0 Å². The van der Waals surface area contributed by atoms with Gasteiger partial charge in [-0.15, -0.1) is 0 Å². The van der Waals surface area contributed by atoms with E-state index in [1.807, 2.05) is 0 Å². The van der Waals surface area contributed by atoms with Gasteiger partial charge in [0.1, 0.15) is 17.8 Å². The molecule has 2 aromatic rings. The molecule has 0 fully saturated rings. The quantitative estimate of drug-likeness (QED) is 0.407. The first kappa shape index (κ1) is 14.4. The number of amides is 1. The summed E-state index contributed by atoms with van der Waals surface area (Å²) in [6, 6.07) is 3.93. The molecule has 0 spiro atoms. The maximum atomic E-state index is 12.2. The fraction of sp³-hybridized carbons (Fsp3) is 0.182. The van der Waals surface area contributed by atoms with Gasteiger partial charge in [0.2, 0.25) is 0 Å². The van der Waals surface area contributed by atoms with Gasteiger partial charge in [-0.05, 0) is 12.1 Å². The Balaban J connectivity index is 2.20. The molecule has 4 N–H and O–H groups in total. The van der Waals surface area contributed by atoms with Crippen molar-refractivity contribution < 1.29 is 9.72 Å². The highest BCUT2D eigenvalue weighted by Gasteiger charge is 2.18. The Morgan fingerprint density at radius 2 is 2.33 bits per heavy atom. The number of aromatic amines is 1. The summed E-state index contributed by atoms with van der Waals surface area (Å²) in [5.41, 5.74) is 2.36. The lowest BCUT2D eigenvalue weighted by Crippen LogP contribution is -2.27. The van der Waals surface area contributed by atoms with Gasteiger partial charge < -0.3 is 10.3 Å². The van der Waals surface area contributed by atoms with Crippen molar-refractivity contribution in [3.63, 3.8) is 0 Å². The summed E-state index contributed by atoms with van der Waals surface area (Å²) in [6.45, 7) is 0.237. The Morgan fingerprint density at radius 1 is 1.57 bits per heavy atom. The van der Waals surface area contributed by atoms with Gasteiger partial charge in [-0.1, -0.05) is 0 Å². The minimum absolute atomic E-state index is 0.0684. The van der Waals surface area contributed by atoms with Gasteiger partial charge >= 0.3 is 0 Å². The third-order valence-electron chi connectivity index (χ3n) is 2.79. The standard InChI is InChI=1S/C11H13N7O3/c1-17(5-10-13-6-14-16-10)11(19)7-2-3-9(18(20)21)8(4-7)15-12/h2-4,6,15H,5,12H2,1H3,(H,13,14,16). The van der Waals surface area contributed by atoms with Crippen molar-refractivity contribution in [3.8, 4) is 0 Å². The van der Waals surface area contributed by atoms with Gasteiger partial charge in [-0.25, -0.2) is 4.98 Å². The molecule has 1 amide bonds. The number of nitrogens with zero attached hydrogens (tertiary/aromatic N) is 4. The molecule has 0 aliphatic rings. The summed E-state index contributed by atoms with van der Waals surface area (Å²) in [5.74, 6) is 5.45. The number of hydrazine groups is 1. The van der Waals surface area contributed by atoms with Crippen molar-refractivity contribution in [2.45, 2.75) is 6.54 Å². The van der Waals surface area contributed by atoms with E-state index in [4.69, 9.17) is 5.84 Å². The van der Waals surface area contributed by atoms with Gasteiger partial charge in [0.25, 0.3) is 11.6 Å². The molecule has 1 aromatic carbocycles. The van der Waals surface area contributed by atoms with E-state index in [1.165, 1.54) is 29.4 Å². The molecule has 0 aliphatic carbocycles. The Kier molecular flexibility index (Phi) is 4.09. The van der Waals surface area contributed by atoms with Crippen LogP contribution >= 0.6 is 0 Å². The number of benzene rings is 1. The molecule has 0 radical (unpaired) electrons. The lowest BCUT2D eigenvalue weighted by Gasteiger charge is -2.16. The Labute approximate surface area is 119 Å². The molecule has 0 saturated heterocycles. The monoisotopic (exact) mass is 291 g/mol. The van der Waals surface area contributed by atoms with Crippen LogP contribution in [0, 0.1) is 10.1 Å². The Hall–Kier alpha value is -3.01. The molecule has 1 heterocycles. The fourth-order valence-electron chi connectivity index (χ4n) is 1.77. The number of carbonyl (C=O) groups excluding carboxylic acids is 1. The van der Waals surface area contributed by atoms with E-state index in [0.717, 1.165) is 0 Å². The maximum absolute atomic E-state index is 12.2. The number of hydrogen-bond donors (Lipinski definition) is 3. The molecule has 1 aromatic heterocycles. The molecule has 10 heteroatoms. The number of hydrogen-bond acceptors (Lipinski definition) is 7. The zero-order valence-electron chi connectivity index (χ0n) is 11.1. The topological polar surface area (TPSA) is 143 Å². The van der Waals surface area contributed by atoms with Crippen LogP contribution in [0.25, 0.3) is 0 Å². The Morgan fingerprint density at radius 3 is 2.90 bits per heavy atom. The van der Waals surface area contributed by atoms with Crippen LogP contribution in [0.5, 0.6) is 0 Å². The summed E-state index contributed by atoms with van der Waals surface area (Å²) in [4.78, 5) is 27.8. The summed E-state index contributed by atoms with van der Waals surface area (Å²) >= 11 is 0. The van der Waals surface area contributed by atoms with Crippen molar-refractivity contribution >= 4 is 17.3 Å². The van der Waals surface area contributed by atoms with Gasteiger partial charge in [-0.3, -0.25) is 25.9 Å². The van der Waals surface area contributed by atoms with E-state index < -0.39 is 4.92 Å².